The fraction of sp³-hybridized carbons (Fsp3) is 0.227. The average molecular weight is 441 g/mol. The number of piperazine rings is 1. The molecule has 0 atom stereocenters. The first kappa shape index (κ1) is 21.3. The van der Waals surface area contributed by atoms with Crippen molar-refractivity contribution in [3.63, 3.8) is 0 Å². The van der Waals surface area contributed by atoms with Crippen molar-refractivity contribution in [1.29, 1.82) is 0 Å². The standard InChI is InChI=1S/C22H21F2N5O3/c1-26-22(31)29-11-9-28(10-12-29)14-7-5-13(6-8-14)19-18(20(25)30)27-21(32-19)17-15(23)3-2-4-16(17)24/h2-8H,9-12H2,1H3,(H2,25,30)(H,26,31). The van der Waals surface area contributed by atoms with E-state index in [-0.39, 0.29) is 23.4 Å². The monoisotopic (exact) mass is 441 g/mol. The minimum Gasteiger partial charge on any atom is -0.435 e. The number of hydrogen-bond donors (Lipinski definition) is 2. The van der Waals surface area contributed by atoms with Crippen LogP contribution < -0.4 is 16.0 Å². The van der Waals surface area contributed by atoms with Gasteiger partial charge in [0.25, 0.3) is 5.91 Å². The van der Waals surface area contributed by atoms with E-state index in [1.165, 1.54) is 6.07 Å². The Morgan fingerprint density at radius 3 is 2.22 bits per heavy atom. The van der Waals surface area contributed by atoms with Crippen LogP contribution in [0, 0.1) is 11.6 Å². The van der Waals surface area contributed by atoms with Crippen molar-refractivity contribution in [3.05, 3.63) is 59.8 Å². The zero-order valence-corrected chi connectivity index (χ0v) is 17.3. The highest BCUT2D eigenvalue weighted by molar-refractivity contribution is 5.97. The fourth-order valence-corrected chi connectivity index (χ4v) is 3.64. The lowest BCUT2D eigenvalue weighted by atomic mass is 10.1. The molecule has 1 aromatic heterocycles. The van der Waals surface area contributed by atoms with Crippen LogP contribution in [0.4, 0.5) is 19.3 Å². The van der Waals surface area contributed by atoms with E-state index in [0.717, 1.165) is 17.8 Å². The van der Waals surface area contributed by atoms with Crippen molar-refractivity contribution in [2.75, 3.05) is 38.1 Å². The first-order valence-electron chi connectivity index (χ1n) is 9.96. The Hall–Kier alpha value is -3.95. The first-order chi connectivity index (χ1) is 15.4. The lowest BCUT2D eigenvalue weighted by Gasteiger charge is -2.35. The third-order valence-electron chi connectivity index (χ3n) is 5.31. The van der Waals surface area contributed by atoms with E-state index in [1.54, 1.807) is 24.1 Å². The molecule has 0 aliphatic carbocycles. The van der Waals surface area contributed by atoms with E-state index in [1.807, 2.05) is 12.1 Å². The van der Waals surface area contributed by atoms with Gasteiger partial charge in [0.05, 0.1) is 0 Å². The van der Waals surface area contributed by atoms with E-state index in [0.29, 0.717) is 31.7 Å². The normalized spacial score (nSPS) is 13.8. The Balaban J connectivity index is 1.60. The van der Waals surface area contributed by atoms with Crippen LogP contribution in [0.3, 0.4) is 0 Å². The minimum absolute atomic E-state index is 0.0335. The van der Waals surface area contributed by atoms with E-state index in [2.05, 4.69) is 15.2 Å². The molecule has 3 N–H and O–H groups in total. The van der Waals surface area contributed by atoms with Gasteiger partial charge in [0.2, 0.25) is 5.89 Å². The Labute approximate surface area is 182 Å². The molecule has 0 saturated carbocycles. The summed E-state index contributed by atoms with van der Waals surface area (Å²) < 4.78 is 33.9. The summed E-state index contributed by atoms with van der Waals surface area (Å²) in [6.45, 7) is 2.51. The molecule has 10 heteroatoms. The summed E-state index contributed by atoms with van der Waals surface area (Å²) in [6.07, 6.45) is 0. The molecular formula is C22H21F2N5O3. The van der Waals surface area contributed by atoms with Gasteiger partial charge in [-0.05, 0) is 36.4 Å². The van der Waals surface area contributed by atoms with Crippen LogP contribution in [0.2, 0.25) is 0 Å². The third-order valence-corrected chi connectivity index (χ3v) is 5.31. The van der Waals surface area contributed by atoms with E-state index >= 15 is 0 Å². The summed E-state index contributed by atoms with van der Waals surface area (Å²) in [6, 6.07) is 10.4. The predicted molar refractivity (Wildman–Crippen MR) is 114 cm³/mol. The summed E-state index contributed by atoms with van der Waals surface area (Å²) in [5, 5.41) is 2.62. The third kappa shape index (κ3) is 3.98. The second kappa shape index (κ2) is 8.66. The maximum absolute atomic E-state index is 14.1. The quantitative estimate of drug-likeness (QED) is 0.648. The zero-order chi connectivity index (χ0) is 22.8. The van der Waals surface area contributed by atoms with Gasteiger partial charge < -0.3 is 25.3 Å². The average Bonchev–Trinajstić information content (AvgIpc) is 3.24. The highest BCUT2D eigenvalue weighted by Gasteiger charge is 2.25. The number of carbonyl (C=O) groups is 2. The second-order valence-corrected chi connectivity index (χ2v) is 7.23. The summed E-state index contributed by atoms with van der Waals surface area (Å²) in [4.78, 5) is 31.5. The van der Waals surface area contributed by atoms with Gasteiger partial charge in [-0.2, -0.15) is 0 Å². The highest BCUT2D eigenvalue weighted by atomic mass is 19.1. The van der Waals surface area contributed by atoms with Crippen LogP contribution >= 0.6 is 0 Å². The van der Waals surface area contributed by atoms with Gasteiger partial charge in [-0.15, -0.1) is 0 Å². The van der Waals surface area contributed by atoms with Crippen LogP contribution in [-0.2, 0) is 0 Å². The van der Waals surface area contributed by atoms with Gasteiger partial charge in [0.15, 0.2) is 11.5 Å². The molecule has 0 radical (unpaired) electrons. The van der Waals surface area contributed by atoms with Crippen LogP contribution in [0.1, 0.15) is 10.5 Å². The van der Waals surface area contributed by atoms with E-state index in [9.17, 15) is 18.4 Å². The smallest absolute Gasteiger partial charge is 0.317 e. The summed E-state index contributed by atoms with van der Waals surface area (Å²) in [7, 11) is 1.60. The molecule has 32 heavy (non-hydrogen) atoms. The maximum Gasteiger partial charge on any atom is 0.317 e. The van der Waals surface area contributed by atoms with Crippen molar-refractivity contribution in [1.82, 2.24) is 15.2 Å². The zero-order valence-electron chi connectivity index (χ0n) is 17.3. The minimum atomic E-state index is -0.874. The first-order valence-corrected chi connectivity index (χ1v) is 9.96. The number of urea groups is 1. The van der Waals surface area contributed by atoms with Crippen LogP contribution in [0.5, 0.6) is 0 Å². The molecule has 2 heterocycles. The summed E-state index contributed by atoms with van der Waals surface area (Å²) >= 11 is 0. The van der Waals surface area contributed by atoms with Gasteiger partial charge in [-0.1, -0.05) is 6.07 Å². The van der Waals surface area contributed by atoms with Crippen molar-refractivity contribution in [3.8, 4) is 22.8 Å². The van der Waals surface area contributed by atoms with Gasteiger partial charge in [0, 0.05) is 44.5 Å². The summed E-state index contributed by atoms with van der Waals surface area (Å²) in [5.41, 5.74) is 6.15. The predicted octanol–water partition coefficient (Wildman–Crippen LogP) is 2.85. The molecule has 0 bridgehead atoms. The molecule has 8 nitrogen and oxygen atoms in total. The van der Waals surface area contributed by atoms with E-state index in [4.69, 9.17) is 10.2 Å². The number of nitrogens with zero attached hydrogens (tertiary/aromatic N) is 3. The molecule has 3 aromatic rings. The number of aromatic nitrogens is 1. The number of nitrogens with two attached hydrogens (primary N) is 1. The molecule has 0 spiro atoms. The van der Waals surface area contributed by atoms with Crippen molar-refractivity contribution < 1.29 is 22.8 Å². The van der Waals surface area contributed by atoms with Crippen molar-refractivity contribution in [2.45, 2.75) is 0 Å². The molecule has 1 saturated heterocycles. The van der Waals surface area contributed by atoms with Gasteiger partial charge in [-0.3, -0.25) is 4.79 Å². The molecule has 166 valence electrons. The molecular weight excluding hydrogens is 420 g/mol. The van der Waals surface area contributed by atoms with Gasteiger partial charge >= 0.3 is 6.03 Å². The Kier molecular flexibility index (Phi) is 5.76. The van der Waals surface area contributed by atoms with Crippen LogP contribution in [-0.4, -0.2) is 55.0 Å². The molecule has 2 aromatic carbocycles. The molecule has 4 rings (SSSR count). The number of primary amides is 1. The molecule has 1 aliphatic heterocycles. The number of anilines is 1. The number of halogens is 2. The Morgan fingerprint density at radius 1 is 1.03 bits per heavy atom. The highest BCUT2D eigenvalue weighted by Crippen LogP contribution is 2.33. The Bertz CT molecular complexity index is 1130. The van der Waals surface area contributed by atoms with Gasteiger partial charge in [-0.25, -0.2) is 18.6 Å². The lowest BCUT2D eigenvalue weighted by molar-refractivity contribution is 0.0996. The number of rotatable bonds is 4. The van der Waals surface area contributed by atoms with Gasteiger partial charge in [0.1, 0.15) is 17.2 Å². The van der Waals surface area contributed by atoms with Crippen LogP contribution in [0.25, 0.3) is 22.8 Å². The number of oxazole rings is 1. The molecule has 1 aliphatic rings. The number of hydrogen-bond acceptors (Lipinski definition) is 5. The molecule has 3 amide bonds. The SMILES string of the molecule is CNC(=O)N1CCN(c2ccc(-c3oc(-c4c(F)cccc4F)nc3C(N)=O)cc2)CC1. The number of amides is 3. The van der Waals surface area contributed by atoms with Crippen molar-refractivity contribution in [2.24, 2.45) is 5.73 Å². The number of nitrogens with one attached hydrogen (secondary N) is 1. The topological polar surface area (TPSA) is 105 Å². The molecule has 1 fully saturated rings. The largest absolute Gasteiger partial charge is 0.435 e. The summed E-state index contributed by atoms with van der Waals surface area (Å²) in [5.74, 6) is -2.92. The fourth-order valence-electron chi connectivity index (χ4n) is 3.64. The number of benzene rings is 2. The maximum atomic E-state index is 14.1. The van der Waals surface area contributed by atoms with Crippen LogP contribution in [0.15, 0.2) is 46.9 Å². The molecule has 0 unspecified atom stereocenters. The Morgan fingerprint density at radius 2 is 1.66 bits per heavy atom. The second-order valence-electron chi connectivity index (χ2n) is 7.23. The number of carbonyl (C=O) groups excluding carboxylic acids is 2. The lowest BCUT2D eigenvalue weighted by Crippen LogP contribution is -2.51. The van der Waals surface area contributed by atoms with Crippen molar-refractivity contribution >= 4 is 17.6 Å². The van der Waals surface area contributed by atoms with E-state index < -0.39 is 23.1 Å².